The molecule has 0 bridgehead atoms. The molecule has 78 valence electrons. The summed E-state index contributed by atoms with van der Waals surface area (Å²) in [4.78, 5) is 13.0. The zero-order valence-electron chi connectivity index (χ0n) is 8.51. The molecule has 1 saturated carbocycles. The third kappa shape index (κ3) is 1.49. The Bertz CT molecular complexity index is 269. The maximum atomic E-state index is 11.3. The quantitative estimate of drug-likeness (QED) is 0.693. The van der Waals surface area contributed by atoms with Crippen LogP contribution in [0.25, 0.3) is 0 Å². The van der Waals surface area contributed by atoms with E-state index in [2.05, 4.69) is 0 Å². The summed E-state index contributed by atoms with van der Waals surface area (Å²) in [6.45, 7) is 3.83. The van der Waals surface area contributed by atoms with E-state index in [1.165, 1.54) is 0 Å². The van der Waals surface area contributed by atoms with Gasteiger partial charge in [-0.3, -0.25) is 0 Å². The summed E-state index contributed by atoms with van der Waals surface area (Å²) in [5.41, 5.74) is 1.08. The molecule has 1 heterocycles. The SMILES string of the molecule is CCOC(=O)N1CC2(CCC(=N)C2)C1. The number of hydrogen-bond acceptors (Lipinski definition) is 3. The molecule has 0 aromatic carbocycles. The molecule has 1 N–H and O–H groups in total. The molecular weight excluding hydrogens is 180 g/mol. The summed E-state index contributed by atoms with van der Waals surface area (Å²) in [5.74, 6) is 0. The first-order valence-electron chi connectivity index (χ1n) is 5.13. The Morgan fingerprint density at radius 2 is 2.36 bits per heavy atom. The molecule has 0 aromatic rings. The Hall–Kier alpha value is -1.06. The van der Waals surface area contributed by atoms with Crippen molar-refractivity contribution < 1.29 is 9.53 Å². The maximum absolute atomic E-state index is 11.3. The fourth-order valence-corrected chi connectivity index (χ4v) is 2.42. The summed E-state index contributed by atoms with van der Waals surface area (Å²) in [6, 6.07) is 0. The summed E-state index contributed by atoms with van der Waals surface area (Å²) in [6.07, 6.45) is 2.66. The molecule has 0 radical (unpaired) electrons. The van der Waals surface area contributed by atoms with Gasteiger partial charge in [-0.25, -0.2) is 4.79 Å². The van der Waals surface area contributed by atoms with Crippen LogP contribution in [0, 0.1) is 10.8 Å². The average molecular weight is 196 g/mol. The highest BCUT2D eigenvalue weighted by molar-refractivity contribution is 5.85. The van der Waals surface area contributed by atoms with Crippen molar-refractivity contribution in [1.82, 2.24) is 4.90 Å². The van der Waals surface area contributed by atoms with E-state index in [0.717, 1.165) is 38.1 Å². The van der Waals surface area contributed by atoms with Gasteiger partial charge >= 0.3 is 6.09 Å². The fraction of sp³-hybridized carbons (Fsp3) is 0.800. The topological polar surface area (TPSA) is 53.4 Å². The van der Waals surface area contributed by atoms with Crippen molar-refractivity contribution in [2.24, 2.45) is 5.41 Å². The predicted octanol–water partition coefficient (Wildman–Crippen LogP) is 1.65. The molecule has 1 amide bonds. The van der Waals surface area contributed by atoms with E-state index < -0.39 is 0 Å². The maximum Gasteiger partial charge on any atom is 0.409 e. The zero-order chi connectivity index (χ0) is 10.2. The molecule has 1 aliphatic heterocycles. The lowest BCUT2D eigenvalue weighted by Gasteiger charge is -2.46. The molecular formula is C10H16N2O2. The molecule has 0 unspecified atom stereocenters. The van der Waals surface area contributed by atoms with Crippen molar-refractivity contribution in [2.45, 2.75) is 26.2 Å². The van der Waals surface area contributed by atoms with Crippen molar-refractivity contribution in [3.63, 3.8) is 0 Å². The van der Waals surface area contributed by atoms with Gasteiger partial charge in [0, 0.05) is 24.2 Å². The largest absolute Gasteiger partial charge is 0.450 e. The van der Waals surface area contributed by atoms with Gasteiger partial charge in [-0.1, -0.05) is 0 Å². The van der Waals surface area contributed by atoms with Crippen LogP contribution in [0.1, 0.15) is 26.2 Å². The number of rotatable bonds is 1. The van der Waals surface area contributed by atoms with Gasteiger partial charge in [0.1, 0.15) is 0 Å². The highest BCUT2D eigenvalue weighted by Gasteiger charge is 2.48. The number of amides is 1. The summed E-state index contributed by atoms with van der Waals surface area (Å²) in [7, 11) is 0. The highest BCUT2D eigenvalue weighted by Crippen LogP contribution is 2.44. The first-order chi connectivity index (χ1) is 6.65. The van der Waals surface area contributed by atoms with E-state index in [1.807, 2.05) is 6.92 Å². The first kappa shape index (κ1) is 9.49. The molecule has 0 aromatic heterocycles. The number of likely N-dealkylation sites (tertiary alicyclic amines) is 1. The second-order valence-corrected chi connectivity index (χ2v) is 4.34. The van der Waals surface area contributed by atoms with Crippen LogP contribution < -0.4 is 0 Å². The van der Waals surface area contributed by atoms with Gasteiger partial charge in [0.15, 0.2) is 0 Å². The molecule has 1 spiro atoms. The molecule has 2 aliphatic rings. The van der Waals surface area contributed by atoms with Gasteiger partial charge in [-0.2, -0.15) is 0 Å². The van der Waals surface area contributed by atoms with Gasteiger partial charge in [-0.05, 0) is 26.2 Å². The van der Waals surface area contributed by atoms with Crippen molar-refractivity contribution >= 4 is 11.8 Å². The van der Waals surface area contributed by atoms with E-state index in [4.69, 9.17) is 10.1 Å². The second kappa shape index (κ2) is 3.26. The van der Waals surface area contributed by atoms with Gasteiger partial charge in [0.05, 0.1) is 6.61 Å². The predicted molar refractivity (Wildman–Crippen MR) is 52.6 cm³/mol. The smallest absolute Gasteiger partial charge is 0.409 e. The van der Waals surface area contributed by atoms with Crippen molar-refractivity contribution in [1.29, 1.82) is 5.41 Å². The van der Waals surface area contributed by atoms with Gasteiger partial charge in [0.25, 0.3) is 0 Å². The zero-order valence-corrected chi connectivity index (χ0v) is 8.51. The molecule has 0 atom stereocenters. The van der Waals surface area contributed by atoms with E-state index >= 15 is 0 Å². The van der Waals surface area contributed by atoms with Crippen LogP contribution in [0.3, 0.4) is 0 Å². The Kier molecular flexibility index (Phi) is 2.21. The van der Waals surface area contributed by atoms with Crippen molar-refractivity contribution in [3.8, 4) is 0 Å². The van der Waals surface area contributed by atoms with Gasteiger partial charge in [0.2, 0.25) is 0 Å². The molecule has 4 nitrogen and oxygen atoms in total. The Labute approximate surface area is 83.7 Å². The minimum absolute atomic E-state index is 0.198. The minimum atomic E-state index is -0.198. The molecule has 2 fully saturated rings. The van der Waals surface area contributed by atoms with Crippen LogP contribution in [0.4, 0.5) is 4.79 Å². The first-order valence-corrected chi connectivity index (χ1v) is 5.13. The lowest BCUT2D eigenvalue weighted by Crippen LogP contribution is -2.57. The van der Waals surface area contributed by atoms with Crippen LogP contribution in [0.2, 0.25) is 0 Å². The third-order valence-corrected chi connectivity index (χ3v) is 3.12. The molecule has 1 aliphatic carbocycles. The molecule has 1 saturated heterocycles. The highest BCUT2D eigenvalue weighted by atomic mass is 16.6. The Balaban J connectivity index is 1.84. The van der Waals surface area contributed by atoms with Crippen molar-refractivity contribution in [3.05, 3.63) is 0 Å². The number of carbonyl (C=O) groups excluding carboxylic acids is 1. The summed E-state index contributed by atoms with van der Waals surface area (Å²) >= 11 is 0. The number of carbonyl (C=O) groups is 1. The summed E-state index contributed by atoms with van der Waals surface area (Å²) in [5, 5.41) is 7.56. The third-order valence-electron chi connectivity index (χ3n) is 3.12. The molecule has 2 rings (SSSR count). The lowest BCUT2D eigenvalue weighted by atomic mass is 9.78. The van der Waals surface area contributed by atoms with Crippen LogP contribution in [0.5, 0.6) is 0 Å². The van der Waals surface area contributed by atoms with Crippen LogP contribution in [-0.2, 0) is 4.74 Å². The minimum Gasteiger partial charge on any atom is -0.450 e. The van der Waals surface area contributed by atoms with Crippen LogP contribution >= 0.6 is 0 Å². The van der Waals surface area contributed by atoms with Gasteiger partial charge < -0.3 is 15.0 Å². The molecule has 4 heteroatoms. The number of hydrogen-bond donors (Lipinski definition) is 1. The standard InChI is InChI=1S/C10H16N2O2/c1-2-14-9(13)12-6-10(7-12)4-3-8(11)5-10/h11H,2-7H2,1H3. The van der Waals surface area contributed by atoms with E-state index in [-0.39, 0.29) is 11.5 Å². The number of nitrogens with zero attached hydrogens (tertiary/aromatic N) is 1. The van der Waals surface area contributed by atoms with Crippen LogP contribution in [0.15, 0.2) is 0 Å². The Morgan fingerprint density at radius 1 is 1.64 bits per heavy atom. The Morgan fingerprint density at radius 3 is 2.86 bits per heavy atom. The normalized spacial score (nSPS) is 23.8. The average Bonchev–Trinajstić information content (AvgIpc) is 2.45. The van der Waals surface area contributed by atoms with Gasteiger partial charge in [-0.15, -0.1) is 0 Å². The van der Waals surface area contributed by atoms with E-state index in [0.29, 0.717) is 6.61 Å². The van der Waals surface area contributed by atoms with Crippen LogP contribution in [-0.4, -0.2) is 36.4 Å². The second-order valence-electron chi connectivity index (χ2n) is 4.34. The fourth-order valence-electron chi connectivity index (χ4n) is 2.42. The molecule has 14 heavy (non-hydrogen) atoms. The summed E-state index contributed by atoms with van der Waals surface area (Å²) < 4.78 is 4.91. The lowest BCUT2D eigenvalue weighted by molar-refractivity contribution is 0.00472. The monoisotopic (exact) mass is 196 g/mol. The number of ether oxygens (including phenoxy) is 1. The number of nitrogens with one attached hydrogen (secondary N) is 1. The van der Waals surface area contributed by atoms with E-state index in [9.17, 15) is 4.79 Å². The van der Waals surface area contributed by atoms with Crippen molar-refractivity contribution in [2.75, 3.05) is 19.7 Å². The van der Waals surface area contributed by atoms with E-state index in [1.54, 1.807) is 4.90 Å².